The molecule has 1 heterocycles. The van der Waals surface area contributed by atoms with Crippen molar-refractivity contribution in [1.82, 2.24) is 5.32 Å². The van der Waals surface area contributed by atoms with Gasteiger partial charge in [0.05, 0.1) is 4.47 Å². The van der Waals surface area contributed by atoms with Gasteiger partial charge in [0.15, 0.2) is 0 Å². The smallest absolute Gasteiger partial charge is 0.142 e. The van der Waals surface area contributed by atoms with Gasteiger partial charge in [-0.2, -0.15) is 11.8 Å². The third-order valence-corrected chi connectivity index (χ3v) is 5.57. The Labute approximate surface area is 134 Å². The van der Waals surface area contributed by atoms with Gasteiger partial charge in [-0.1, -0.05) is 19.1 Å². The summed E-state index contributed by atoms with van der Waals surface area (Å²) in [4.78, 5) is 0. The highest BCUT2D eigenvalue weighted by Crippen LogP contribution is 2.33. The SMILES string of the molecule is CCCNC(CC1CCSCC1)c1cccc(Br)c1F. The fourth-order valence-electron chi connectivity index (χ4n) is 2.74. The average Bonchev–Trinajstić information content (AvgIpc) is 2.48. The van der Waals surface area contributed by atoms with Crippen molar-refractivity contribution in [3.63, 3.8) is 0 Å². The number of rotatable bonds is 6. The maximum atomic E-state index is 14.3. The second kappa shape index (κ2) is 8.40. The molecule has 1 aliphatic heterocycles. The van der Waals surface area contributed by atoms with Gasteiger partial charge in [0, 0.05) is 11.6 Å². The molecule has 4 heteroatoms. The van der Waals surface area contributed by atoms with Crippen LogP contribution in [-0.2, 0) is 0 Å². The fourth-order valence-corrected chi connectivity index (χ4v) is 4.33. The van der Waals surface area contributed by atoms with Gasteiger partial charge in [0.25, 0.3) is 0 Å². The largest absolute Gasteiger partial charge is 0.310 e. The number of nitrogens with one attached hydrogen (secondary N) is 1. The molecule has 0 bridgehead atoms. The summed E-state index contributed by atoms with van der Waals surface area (Å²) in [7, 11) is 0. The molecule has 1 atom stereocenters. The molecule has 1 saturated heterocycles. The van der Waals surface area contributed by atoms with Gasteiger partial charge in [-0.05, 0) is 71.6 Å². The Hall–Kier alpha value is -0.0600. The summed E-state index contributed by atoms with van der Waals surface area (Å²) in [5, 5.41) is 3.53. The quantitative estimate of drug-likeness (QED) is 0.752. The Morgan fingerprint density at radius 3 is 2.85 bits per heavy atom. The highest BCUT2D eigenvalue weighted by molar-refractivity contribution is 9.10. The molecule has 20 heavy (non-hydrogen) atoms. The van der Waals surface area contributed by atoms with Crippen molar-refractivity contribution in [1.29, 1.82) is 0 Å². The summed E-state index contributed by atoms with van der Waals surface area (Å²) < 4.78 is 14.9. The van der Waals surface area contributed by atoms with Crippen LogP contribution in [0.2, 0.25) is 0 Å². The molecule has 1 nitrogen and oxygen atoms in total. The van der Waals surface area contributed by atoms with Crippen LogP contribution in [0.1, 0.15) is 44.2 Å². The summed E-state index contributed by atoms with van der Waals surface area (Å²) in [5.74, 6) is 3.13. The maximum absolute atomic E-state index is 14.3. The number of hydrogen-bond donors (Lipinski definition) is 1. The van der Waals surface area contributed by atoms with Crippen molar-refractivity contribution in [2.45, 2.75) is 38.6 Å². The van der Waals surface area contributed by atoms with E-state index in [0.717, 1.165) is 30.9 Å². The predicted molar refractivity (Wildman–Crippen MR) is 89.8 cm³/mol. The second-order valence-corrected chi connectivity index (χ2v) is 7.52. The molecule has 1 aliphatic rings. The first kappa shape index (κ1) is 16.3. The van der Waals surface area contributed by atoms with Crippen LogP contribution in [0.25, 0.3) is 0 Å². The van der Waals surface area contributed by atoms with E-state index in [1.165, 1.54) is 24.3 Å². The van der Waals surface area contributed by atoms with Crippen LogP contribution in [0, 0.1) is 11.7 Å². The summed E-state index contributed by atoms with van der Waals surface area (Å²) in [6.45, 7) is 3.09. The van der Waals surface area contributed by atoms with Crippen molar-refractivity contribution in [3.8, 4) is 0 Å². The van der Waals surface area contributed by atoms with E-state index >= 15 is 0 Å². The lowest BCUT2D eigenvalue weighted by molar-refractivity contribution is 0.362. The Morgan fingerprint density at radius 2 is 2.15 bits per heavy atom. The predicted octanol–water partition coefficient (Wildman–Crippen LogP) is 5.16. The van der Waals surface area contributed by atoms with Crippen LogP contribution in [0.4, 0.5) is 4.39 Å². The van der Waals surface area contributed by atoms with Gasteiger partial charge in [0.2, 0.25) is 0 Å². The Morgan fingerprint density at radius 1 is 1.40 bits per heavy atom. The summed E-state index contributed by atoms with van der Waals surface area (Å²) >= 11 is 5.34. The zero-order valence-corrected chi connectivity index (χ0v) is 14.4. The van der Waals surface area contributed by atoms with Crippen molar-refractivity contribution < 1.29 is 4.39 Å². The molecule has 1 N–H and O–H groups in total. The minimum Gasteiger partial charge on any atom is -0.310 e. The average molecular weight is 360 g/mol. The van der Waals surface area contributed by atoms with Gasteiger partial charge >= 0.3 is 0 Å². The molecule has 1 fully saturated rings. The fraction of sp³-hybridized carbons (Fsp3) is 0.625. The molecule has 0 spiro atoms. The molecule has 0 radical (unpaired) electrons. The van der Waals surface area contributed by atoms with E-state index in [-0.39, 0.29) is 11.9 Å². The Bertz CT molecular complexity index is 421. The van der Waals surface area contributed by atoms with Gasteiger partial charge in [-0.25, -0.2) is 4.39 Å². The maximum Gasteiger partial charge on any atom is 0.142 e. The summed E-state index contributed by atoms with van der Waals surface area (Å²) in [6, 6.07) is 5.76. The molecule has 1 unspecified atom stereocenters. The summed E-state index contributed by atoms with van der Waals surface area (Å²) in [6.07, 6.45) is 4.66. The standard InChI is InChI=1S/C16H23BrFNS/c1-2-8-19-15(11-12-6-9-20-10-7-12)13-4-3-5-14(17)16(13)18/h3-5,12,15,19H,2,6-11H2,1H3. The lowest BCUT2D eigenvalue weighted by atomic mass is 9.90. The number of hydrogen-bond acceptors (Lipinski definition) is 2. The van der Waals surface area contributed by atoms with E-state index in [1.807, 2.05) is 23.9 Å². The van der Waals surface area contributed by atoms with Crippen molar-refractivity contribution >= 4 is 27.7 Å². The Balaban J connectivity index is 2.11. The van der Waals surface area contributed by atoms with Gasteiger partial charge in [-0.3, -0.25) is 0 Å². The highest BCUT2D eigenvalue weighted by Gasteiger charge is 2.22. The van der Waals surface area contributed by atoms with Crippen LogP contribution in [0.5, 0.6) is 0 Å². The van der Waals surface area contributed by atoms with Crippen molar-refractivity contribution in [3.05, 3.63) is 34.1 Å². The molecular formula is C16H23BrFNS. The molecule has 0 aromatic heterocycles. The zero-order valence-electron chi connectivity index (χ0n) is 12.0. The molecule has 2 rings (SSSR count). The minimum atomic E-state index is -0.105. The monoisotopic (exact) mass is 359 g/mol. The zero-order chi connectivity index (χ0) is 14.4. The van der Waals surface area contributed by atoms with Crippen LogP contribution >= 0.6 is 27.7 Å². The van der Waals surface area contributed by atoms with Crippen molar-refractivity contribution in [2.75, 3.05) is 18.1 Å². The minimum absolute atomic E-state index is 0.105. The molecule has 112 valence electrons. The molecular weight excluding hydrogens is 337 g/mol. The molecule has 0 aliphatic carbocycles. The van der Waals surface area contributed by atoms with E-state index < -0.39 is 0 Å². The number of thioether (sulfide) groups is 1. The molecule has 1 aromatic carbocycles. The molecule has 1 aromatic rings. The lowest BCUT2D eigenvalue weighted by Gasteiger charge is -2.27. The van der Waals surface area contributed by atoms with Crippen LogP contribution in [0.15, 0.2) is 22.7 Å². The Kier molecular flexibility index (Phi) is 6.85. The van der Waals surface area contributed by atoms with Crippen LogP contribution in [0.3, 0.4) is 0 Å². The van der Waals surface area contributed by atoms with Crippen LogP contribution in [-0.4, -0.2) is 18.1 Å². The molecule has 0 saturated carbocycles. The highest BCUT2D eigenvalue weighted by atomic mass is 79.9. The first-order chi connectivity index (χ1) is 9.72. The van der Waals surface area contributed by atoms with E-state index in [9.17, 15) is 4.39 Å². The first-order valence-corrected chi connectivity index (χ1v) is 9.42. The van der Waals surface area contributed by atoms with Gasteiger partial charge in [0.1, 0.15) is 5.82 Å². The second-order valence-electron chi connectivity index (χ2n) is 5.44. The first-order valence-electron chi connectivity index (χ1n) is 7.47. The number of halogens is 2. The topological polar surface area (TPSA) is 12.0 Å². The summed E-state index contributed by atoms with van der Waals surface area (Å²) in [5.41, 5.74) is 0.811. The third kappa shape index (κ3) is 4.47. The van der Waals surface area contributed by atoms with Gasteiger partial charge < -0.3 is 5.32 Å². The van der Waals surface area contributed by atoms with E-state index in [2.05, 4.69) is 28.2 Å². The van der Waals surface area contributed by atoms with Gasteiger partial charge in [-0.15, -0.1) is 0 Å². The van der Waals surface area contributed by atoms with Crippen LogP contribution < -0.4 is 5.32 Å². The van der Waals surface area contributed by atoms with E-state index in [4.69, 9.17) is 0 Å². The third-order valence-electron chi connectivity index (χ3n) is 3.91. The van der Waals surface area contributed by atoms with E-state index in [1.54, 1.807) is 6.07 Å². The van der Waals surface area contributed by atoms with Crippen molar-refractivity contribution in [2.24, 2.45) is 5.92 Å². The number of benzene rings is 1. The normalized spacial score (nSPS) is 18.1. The van der Waals surface area contributed by atoms with E-state index in [0.29, 0.717) is 4.47 Å². The lowest BCUT2D eigenvalue weighted by Crippen LogP contribution is -2.26. The molecule has 0 amide bonds.